The third-order valence-corrected chi connectivity index (χ3v) is 7.74. The van der Waals surface area contributed by atoms with Crippen LogP contribution in [-0.2, 0) is 0 Å². The molecular weight excluding hydrogens is 313 g/mol. The predicted octanol–water partition coefficient (Wildman–Crippen LogP) is 3.40. The van der Waals surface area contributed by atoms with Crippen LogP contribution in [0.1, 0.15) is 32.6 Å². The second kappa shape index (κ2) is 8.24. The molecule has 0 unspecified atom stereocenters. The van der Waals surface area contributed by atoms with Crippen LogP contribution in [0.5, 0.6) is 0 Å². The van der Waals surface area contributed by atoms with Crippen LogP contribution in [0.25, 0.3) is 0 Å². The van der Waals surface area contributed by atoms with E-state index in [2.05, 4.69) is 6.92 Å². The zero-order valence-corrected chi connectivity index (χ0v) is 11.8. The van der Waals surface area contributed by atoms with E-state index in [4.69, 9.17) is 26.8 Å². The fourth-order valence-corrected chi connectivity index (χ4v) is 5.30. The summed E-state index contributed by atoms with van der Waals surface area (Å²) in [6.45, 7) is 2.18. The first kappa shape index (κ1) is 15.1. The predicted molar refractivity (Wildman–Crippen MR) is 55.9 cm³/mol. The third-order valence-electron chi connectivity index (χ3n) is 1.31. The van der Waals surface area contributed by atoms with Crippen LogP contribution < -0.4 is 0 Å². The molecule has 0 radical (unpaired) electrons. The van der Waals surface area contributed by atoms with Gasteiger partial charge in [-0.25, -0.2) is 0 Å². The Labute approximate surface area is 83.7 Å². The Hall–Kier alpha value is 1.63. The van der Waals surface area contributed by atoms with Crippen LogP contribution >= 0.6 is 26.8 Å². The Bertz CT molecular complexity index is 84.4. The smallest absolute Gasteiger partial charge is 0.412 e. The Morgan fingerprint density at radius 3 is 1.91 bits per heavy atom. The first-order valence-electron chi connectivity index (χ1n) is 3.63. The van der Waals surface area contributed by atoms with E-state index in [1.54, 1.807) is 0 Å². The van der Waals surface area contributed by atoms with Crippen molar-refractivity contribution < 1.29 is 5.48 Å². The SMILES string of the molecule is CCCCC[CH2][Sn]([Cl])([Cl])[Cl].O. The van der Waals surface area contributed by atoms with Gasteiger partial charge in [0.1, 0.15) is 0 Å². The molecule has 0 aromatic heterocycles. The Kier molecular flexibility index (Phi) is 11.3. The summed E-state index contributed by atoms with van der Waals surface area (Å²) in [5.41, 5.74) is 0. The van der Waals surface area contributed by atoms with Crippen molar-refractivity contribution >= 4 is 41.8 Å². The zero-order valence-electron chi connectivity index (χ0n) is 6.67. The molecule has 0 spiro atoms. The second-order valence-electron chi connectivity index (χ2n) is 2.43. The van der Waals surface area contributed by atoms with E-state index >= 15 is 0 Å². The van der Waals surface area contributed by atoms with E-state index in [1.807, 2.05) is 0 Å². The molecular formula is C6H15Cl3OSn. The van der Waals surface area contributed by atoms with Crippen molar-refractivity contribution in [3.63, 3.8) is 0 Å². The first-order valence-corrected chi connectivity index (χ1v) is 16.5. The molecule has 0 heterocycles. The summed E-state index contributed by atoms with van der Waals surface area (Å²) >= 11 is -2.93. The Morgan fingerprint density at radius 2 is 1.55 bits per heavy atom. The van der Waals surface area contributed by atoms with Gasteiger partial charge >= 0.3 is 78.8 Å². The molecule has 0 aliphatic carbocycles. The van der Waals surface area contributed by atoms with Crippen molar-refractivity contribution in [2.24, 2.45) is 0 Å². The third kappa shape index (κ3) is 14.5. The van der Waals surface area contributed by atoms with E-state index < -0.39 is 15.0 Å². The van der Waals surface area contributed by atoms with Gasteiger partial charge < -0.3 is 5.48 Å². The number of halogens is 3. The normalized spacial score (nSPS) is 10.9. The summed E-state index contributed by atoms with van der Waals surface area (Å²) in [6.07, 6.45) is 4.85. The van der Waals surface area contributed by atoms with Crippen LogP contribution in [0, 0.1) is 0 Å². The van der Waals surface area contributed by atoms with Gasteiger partial charge in [-0.3, -0.25) is 0 Å². The minimum atomic E-state index is -2.93. The Morgan fingerprint density at radius 1 is 1.00 bits per heavy atom. The molecule has 0 aliphatic rings. The molecule has 0 aromatic rings. The molecule has 0 saturated heterocycles. The van der Waals surface area contributed by atoms with E-state index in [9.17, 15) is 0 Å². The number of hydrogen-bond acceptors (Lipinski definition) is 0. The van der Waals surface area contributed by atoms with Crippen LogP contribution in [0.3, 0.4) is 0 Å². The number of unbranched alkanes of at least 4 members (excludes halogenated alkanes) is 3. The Balaban J connectivity index is 0. The minimum Gasteiger partial charge on any atom is -0.412 e. The number of hydrogen-bond donors (Lipinski definition) is 0. The van der Waals surface area contributed by atoms with Gasteiger partial charge in [-0.05, 0) is 0 Å². The zero-order chi connectivity index (χ0) is 8.04. The van der Waals surface area contributed by atoms with Crippen molar-refractivity contribution in [2.45, 2.75) is 37.0 Å². The van der Waals surface area contributed by atoms with Crippen molar-refractivity contribution in [3.8, 4) is 0 Å². The molecule has 70 valence electrons. The fraction of sp³-hybridized carbons (Fsp3) is 1.00. The van der Waals surface area contributed by atoms with Gasteiger partial charge in [0.15, 0.2) is 0 Å². The van der Waals surface area contributed by atoms with E-state index in [0.717, 1.165) is 10.9 Å². The second-order valence-corrected chi connectivity index (χ2v) is 24.2. The van der Waals surface area contributed by atoms with Crippen LogP contribution in [0.15, 0.2) is 0 Å². The van der Waals surface area contributed by atoms with Crippen LogP contribution in [-0.4, -0.2) is 20.5 Å². The van der Waals surface area contributed by atoms with Gasteiger partial charge in [0.2, 0.25) is 0 Å². The number of rotatable bonds is 5. The molecule has 0 amide bonds. The van der Waals surface area contributed by atoms with Gasteiger partial charge in [-0.1, -0.05) is 0 Å². The molecule has 1 nitrogen and oxygen atoms in total. The molecule has 11 heavy (non-hydrogen) atoms. The quantitative estimate of drug-likeness (QED) is 0.547. The molecule has 5 heteroatoms. The largest absolute Gasteiger partial charge is 0.412 e. The molecule has 0 aliphatic heterocycles. The van der Waals surface area contributed by atoms with E-state index in [0.29, 0.717) is 0 Å². The molecule has 0 rings (SSSR count). The molecule has 2 N–H and O–H groups in total. The first-order chi connectivity index (χ1) is 4.56. The van der Waals surface area contributed by atoms with Gasteiger partial charge in [-0.2, -0.15) is 0 Å². The maximum atomic E-state index is 5.75. The topological polar surface area (TPSA) is 31.5 Å². The summed E-state index contributed by atoms with van der Waals surface area (Å²) in [6, 6.07) is 0. The van der Waals surface area contributed by atoms with Gasteiger partial charge in [0.05, 0.1) is 0 Å². The van der Waals surface area contributed by atoms with E-state index in [-0.39, 0.29) is 5.48 Å². The minimum absolute atomic E-state index is 0. The average molecular weight is 328 g/mol. The fourth-order valence-electron chi connectivity index (χ4n) is 0.752. The van der Waals surface area contributed by atoms with E-state index in [1.165, 1.54) is 19.3 Å². The summed E-state index contributed by atoms with van der Waals surface area (Å²) in [7, 11) is 17.3. The van der Waals surface area contributed by atoms with Gasteiger partial charge in [-0.15, -0.1) is 0 Å². The van der Waals surface area contributed by atoms with Crippen LogP contribution in [0.4, 0.5) is 0 Å². The summed E-state index contributed by atoms with van der Waals surface area (Å²) in [5, 5.41) is 0. The summed E-state index contributed by atoms with van der Waals surface area (Å²) in [4.78, 5) is 0. The maximum Gasteiger partial charge on any atom is -0.412 e. The van der Waals surface area contributed by atoms with Crippen molar-refractivity contribution in [1.29, 1.82) is 0 Å². The summed E-state index contributed by atoms with van der Waals surface area (Å²) < 4.78 is 0.888. The van der Waals surface area contributed by atoms with Crippen molar-refractivity contribution in [3.05, 3.63) is 0 Å². The molecule has 0 atom stereocenters. The molecule has 0 bridgehead atoms. The van der Waals surface area contributed by atoms with Gasteiger partial charge in [0.25, 0.3) is 0 Å². The standard InChI is InChI=1S/C6H13.3ClH.H2O.Sn/c1-3-5-6-4-2;;;;;/h1,3-6H2,2H3;3*1H;1H2;/q;;;;;+3/p-3. The molecule has 0 fully saturated rings. The van der Waals surface area contributed by atoms with Crippen molar-refractivity contribution in [2.75, 3.05) is 0 Å². The average Bonchev–Trinajstić information content (AvgIpc) is 1.78. The monoisotopic (exact) mass is 328 g/mol. The molecule has 0 aromatic carbocycles. The molecule has 0 saturated carbocycles. The van der Waals surface area contributed by atoms with Gasteiger partial charge in [0, 0.05) is 0 Å². The maximum absolute atomic E-state index is 5.75. The van der Waals surface area contributed by atoms with Crippen molar-refractivity contribution in [1.82, 2.24) is 0 Å². The van der Waals surface area contributed by atoms with Crippen LogP contribution in [0.2, 0.25) is 4.44 Å². The summed E-state index contributed by atoms with van der Waals surface area (Å²) in [5.74, 6) is 0.